The third-order valence-electron chi connectivity index (χ3n) is 2.55. The molecular formula is C14H18N2O4S. The van der Waals surface area contributed by atoms with E-state index in [0.717, 1.165) is 6.26 Å². The Morgan fingerprint density at radius 2 is 1.95 bits per heavy atom. The zero-order chi connectivity index (χ0) is 15.9. The molecule has 1 aromatic carbocycles. The summed E-state index contributed by atoms with van der Waals surface area (Å²) in [6.07, 6.45) is 2.46. The zero-order valence-electron chi connectivity index (χ0n) is 11.8. The third-order valence-corrected chi connectivity index (χ3v) is 3.50. The largest absolute Gasteiger partial charge is 0.349 e. The number of rotatable bonds is 7. The highest BCUT2D eigenvalue weighted by atomic mass is 32.2. The van der Waals surface area contributed by atoms with E-state index in [1.165, 1.54) is 0 Å². The molecule has 7 heteroatoms. The minimum Gasteiger partial charge on any atom is -0.349 e. The van der Waals surface area contributed by atoms with E-state index in [9.17, 15) is 18.0 Å². The van der Waals surface area contributed by atoms with Crippen LogP contribution in [0.25, 0.3) is 0 Å². The number of carbonyl (C=O) groups excluding carboxylic acids is 2. The van der Waals surface area contributed by atoms with Gasteiger partial charge in [0.25, 0.3) is 5.91 Å². The van der Waals surface area contributed by atoms with Crippen LogP contribution < -0.4 is 10.6 Å². The molecule has 2 amide bonds. The number of para-hydroxylation sites is 1. The molecule has 0 saturated heterocycles. The van der Waals surface area contributed by atoms with Gasteiger partial charge in [-0.15, -0.1) is 6.58 Å². The Kier molecular flexibility index (Phi) is 6.10. The van der Waals surface area contributed by atoms with E-state index in [4.69, 9.17) is 0 Å². The summed E-state index contributed by atoms with van der Waals surface area (Å²) in [5.74, 6) is -1.03. The Bertz CT molecular complexity index is 638. The average Bonchev–Trinajstić information content (AvgIpc) is 2.42. The van der Waals surface area contributed by atoms with Crippen LogP contribution in [0.5, 0.6) is 0 Å². The number of benzene rings is 1. The van der Waals surface area contributed by atoms with Crippen LogP contribution in [0.15, 0.2) is 36.9 Å². The number of hydrogen-bond donors (Lipinski definition) is 2. The number of nitrogens with one attached hydrogen (secondary N) is 2. The van der Waals surface area contributed by atoms with Crippen LogP contribution in [0.3, 0.4) is 0 Å². The second-order valence-electron chi connectivity index (χ2n) is 4.47. The highest BCUT2D eigenvalue weighted by molar-refractivity contribution is 7.90. The molecule has 0 unspecified atom stereocenters. The standard InChI is InChI=1S/C14H18N2O4S/c1-3-9-15-14(18)11-6-4-5-7-12(11)16-13(17)8-10-21(2,19)20/h3-7H,1,8-10H2,2H3,(H,15,18)(H,16,17). The molecule has 0 aliphatic heterocycles. The molecule has 0 aliphatic carbocycles. The fourth-order valence-corrected chi connectivity index (χ4v) is 2.10. The van der Waals surface area contributed by atoms with Gasteiger partial charge in [-0.2, -0.15) is 0 Å². The van der Waals surface area contributed by atoms with Crippen molar-refractivity contribution in [2.75, 3.05) is 23.9 Å². The average molecular weight is 310 g/mol. The van der Waals surface area contributed by atoms with Crippen LogP contribution in [0.2, 0.25) is 0 Å². The molecular weight excluding hydrogens is 292 g/mol. The smallest absolute Gasteiger partial charge is 0.253 e. The molecule has 114 valence electrons. The second kappa shape index (κ2) is 7.58. The topological polar surface area (TPSA) is 92.3 Å². The summed E-state index contributed by atoms with van der Waals surface area (Å²) in [5, 5.41) is 5.16. The number of anilines is 1. The molecule has 0 aromatic heterocycles. The van der Waals surface area contributed by atoms with E-state index in [1.54, 1.807) is 30.3 Å². The fourth-order valence-electron chi connectivity index (χ4n) is 1.54. The molecule has 2 N–H and O–H groups in total. The zero-order valence-corrected chi connectivity index (χ0v) is 12.6. The monoisotopic (exact) mass is 310 g/mol. The molecule has 0 saturated carbocycles. The number of amides is 2. The van der Waals surface area contributed by atoms with E-state index in [2.05, 4.69) is 17.2 Å². The Labute approximate surface area is 124 Å². The van der Waals surface area contributed by atoms with Gasteiger partial charge in [0.05, 0.1) is 17.0 Å². The third kappa shape index (κ3) is 6.22. The van der Waals surface area contributed by atoms with Crippen molar-refractivity contribution >= 4 is 27.3 Å². The van der Waals surface area contributed by atoms with Crippen molar-refractivity contribution < 1.29 is 18.0 Å². The van der Waals surface area contributed by atoms with Gasteiger partial charge in [0, 0.05) is 19.2 Å². The van der Waals surface area contributed by atoms with Crippen molar-refractivity contribution in [2.45, 2.75) is 6.42 Å². The van der Waals surface area contributed by atoms with Crippen LogP contribution in [-0.2, 0) is 14.6 Å². The van der Waals surface area contributed by atoms with Gasteiger partial charge in [-0.25, -0.2) is 8.42 Å². The highest BCUT2D eigenvalue weighted by Gasteiger charge is 2.13. The van der Waals surface area contributed by atoms with Crippen LogP contribution in [0, 0.1) is 0 Å². The predicted octanol–water partition coefficient (Wildman–Crippen LogP) is 0.976. The first-order valence-corrected chi connectivity index (χ1v) is 8.35. The highest BCUT2D eigenvalue weighted by Crippen LogP contribution is 2.15. The molecule has 0 aliphatic rings. The van der Waals surface area contributed by atoms with Gasteiger partial charge in [-0.05, 0) is 12.1 Å². The molecule has 0 atom stereocenters. The van der Waals surface area contributed by atoms with E-state index in [-0.39, 0.29) is 18.1 Å². The van der Waals surface area contributed by atoms with Crippen molar-refractivity contribution in [3.8, 4) is 0 Å². The van der Waals surface area contributed by atoms with Crippen LogP contribution >= 0.6 is 0 Å². The van der Waals surface area contributed by atoms with Crippen LogP contribution in [0.4, 0.5) is 5.69 Å². The van der Waals surface area contributed by atoms with Crippen molar-refractivity contribution in [3.63, 3.8) is 0 Å². The molecule has 1 aromatic rings. The van der Waals surface area contributed by atoms with Crippen LogP contribution in [-0.4, -0.2) is 38.8 Å². The number of carbonyl (C=O) groups is 2. The van der Waals surface area contributed by atoms with E-state index < -0.39 is 15.7 Å². The van der Waals surface area contributed by atoms with Gasteiger partial charge in [0.15, 0.2) is 0 Å². The Morgan fingerprint density at radius 3 is 2.57 bits per heavy atom. The summed E-state index contributed by atoms with van der Waals surface area (Å²) in [4.78, 5) is 23.6. The minimum atomic E-state index is -3.20. The first-order chi connectivity index (χ1) is 9.83. The van der Waals surface area contributed by atoms with E-state index in [1.807, 2.05) is 0 Å². The van der Waals surface area contributed by atoms with Gasteiger partial charge >= 0.3 is 0 Å². The lowest BCUT2D eigenvalue weighted by Crippen LogP contribution is -2.25. The van der Waals surface area contributed by atoms with Crippen molar-refractivity contribution in [1.82, 2.24) is 5.32 Å². The summed E-state index contributed by atoms with van der Waals surface area (Å²) >= 11 is 0. The molecule has 0 fully saturated rings. The lowest BCUT2D eigenvalue weighted by Gasteiger charge is -2.10. The molecule has 0 heterocycles. The molecule has 0 bridgehead atoms. The summed E-state index contributed by atoms with van der Waals surface area (Å²) in [6, 6.07) is 6.51. The lowest BCUT2D eigenvalue weighted by atomic mass is 10.1. The summed E-state index contributed by atoms with van der Waals surface area (Å²) in [7, 11) is -3.20. The summed E-state index contributed by atoms with van der Waals surface area (Å²) in [5.41, 5.74) is 0.657. The molecule has 1 rings (SSSR count). The molecule has 6 nitrogen and oxygen atoms in total. The maximum atomic E-state index is 11.9. The summed E-state index contributed by atoms with van der Waals surface area (Å²) in [6.45, 7) is 3.82. The number of sulfone groups is 1. The molecule has 21 heavy (non-hydrogen) atoms. The SMILES string of the molecule is C=CCNC(=O)c1ccccc1NC(=O)CCS(C)(=O)=O. The van der Waals surface area contributed by atoms with Crippen LogP contribution in [0.1, 0.15) is 16.8 Å². The maximum Gasteiger partial charge on any atom is 0.253 e. The molecule has 0 radical (unpaired) electrons. The van der Waals surface area contributed by atoms with Crippen molar-refractivity contribution in [1.29, 1.82) is 0 Å². The summed E-state index contributed by atoms with van der Waals surface area (Å²) < 4.78 is 22.1. The van der Waals surface area contributed by atoms with Gasteiger partial charge in [-0.1, -0.05) is 18.2 Å². The minimum absolute atomic E-state index is 0.151. The van der Waals surface area contributed by atoms with Gasteiger partial charge < -0.3 is 10.6 Å². The maximum absolute atomic E-state index is 11.9. The van der Waals surface area contributed by atoms with Gasteiger partial charge in [-0.3, -0.25) is 9.59 Å². The second-order valence-corrected chi connectivity index (χ2v) is 6.73. The Balaban J connectivity index is 2.77. The normalized spacial score (nSPS) is 10.7. The predicted molar refractivity (Wildman–Crippen MR) is 81.9 cm³/mol. The molecule has 0 spiro atoms. The van der Waals surface area contributed by atoms with Gasteiger partial charge in [0.1, 0.15) is 9.84 Å². The van der Waals surface area contributed by atoms with E-state index in [0.29, 0.717) is 17.8 Å². The first kappa shape index (κ1) is 16.9. The fraction of sp³-hybridized carbons (Fsp3) is 0.286. The van der Waals surface area contributed by atoms with Gasteiger partial charge in [0.2, 0.25) is 5.91 Å². The Morgan fingerprint density at radius 1 is 1.29 bits per heavy atom. The quantitative estimate of drug-likeness (QED) is 0.734. The van der Waals surface area contributed by atoms with Crippen molar-refractivity contribution in [2.24, 2.45) is 0 Å². The van der Waals surface area contributed by atoms with Crippen molar-refractivity contribution in [3.05, 3.63) is 42.5 Å². The number of hydrogen-bond acceptors (Lipinski definition) is 4. The van der Waals surface area contributed by atoms with E-state index >= 15 is 0 Å². The Hall–Kier alpha value is -2.15. The first-order valence-electron chi connectivity index (χ1n) is 6.29. The lowest BCUT2D eigenvalue weighted by molar-refractivity contribution is -0.115.